The van der Waals surface area contributed by atoms with E-state index in [0.717, 1.165) is 16.3 Å². The molecule has 0 aromatic heterocycles. The molecule has 1 aliphatic carbocycles. The second-order valence-corrected chi connectivity index (χ2v) is 7.41. The van der Waals surface area contributed by atoms with Gasteiger partial charge in [-0.2, -0.15) is 0 Å². The molecule has 0 bridgehead atoms. The maximum Gasteiger partial charge on any atom is 0.334 e. The van der Waals surface area contributed by atoms with Crippen molar-refractivity contribution in [2.75, 3.05) is 0 Å². The predicted octanol–water partition coefficient (Wildman–Crippen LogP) is 2.07. The standard InChI is InChI=1S/C21H17NO5/c1-21-17(16-18(21)20(25)22-19(16)24)14(9-15(23)27-21)26-10-12-7-4-6-11-5-2-3-8-13(11)12/h2-9,16-18H,10H2,1H3,(H,22,24,25)/t16?,17?,18?,21-/m0/s1. The number of ether oxygens (including phenoxy) is 2. The van der Waals surface area contributed by atoms with Gasteiger partial charge in [0, 0.05) is 0 Å². The maximum absolute atomic E-state index is 12.2. The van der Waals surface area contributed by atoms with Crippen LogP contribution in [0.25, 0.3) is 10.8 Å². The molecule has 1 saturated carbocycles. The third-order valence-electron chi connectivity index (χ3n) is 5.95. The fraction of sp³-hybridized carbons (Fsp3) is 0.286. The molecule has 2 amide bonds. The van der Waals surface area contributed by atoms with Crippen molar-refractivity contribution in [3.63, 3.8) is 0 Å². The largest absolute Gasteiger partial charge is 0.492 e. The Labute approximate surface area is 155 Å². The van der Waals surface area contributed by atoms with E-state index in [1.165, 1.54) is 6.08 Å². The zero-order valence-corrected chi connectivity index (χ0v) is 14.6. The summed E-state index contributed by atoms with van der Waals surface area (Å²) in [6.45, 7) is 1.96. The topological polar surface area (TPSA) is 81.7 Å². The highest BCUT2D eigenvalue weighted by Gasteiger charge is 2.73. The van der Waals surface area contributed by atoms with Gasteiger partial charge < -0.3 is 9.47 Å². The zero-order chi connectivity index (χ0) is 18.8. The van der Waals surface area contributed by atoms with Crippen LogP contribution in [0.1, 0.15) is 12.5 Å². The van der Waals surface area contributed by atoms with Crippen LogP contribution in [0, 0.1) is 17.8 Å². The number of rotatable bonds is 3. The number of benzene rings is 2. The van der Waals surface area contributed by atoms with E-state index in [9.17, 15) is 14.4 Å². The van der Waals surface area contributed by atoms with Gasteiger partial charge in [0.2, 0.25) is 11.8 Å². The van der Waals surface area contributed by atoms with Crippen LogP contribution in [0.2, 0.25) is 0 Å². The minimum Gasteiger partial charge on any atom is -0.492 e. The molecule has 3 unspecified atom stereocenters. The lowest BCUT2D eigenvalue weighted by Gasteiger charge is -2.54. The van der Waals surface area contributed by atoms with Gasteiger partial charge in [-0.3, -0.25) is 14.9 Å². The van der Waals surface area contributed by atoms with E-state index in [1.807, 2.05) is 42.5 Å². The Bertz CT molecular complexity index is 1040. The fourth-order valence-corrected chi connectivity index (χ4v) is 4.74. The second-order valence-electron chi connectivity index (χ2n) is 7.41. The van der Waals surface area contributed by atoms with Gasteiger partial charge in [0.1, 0.15) is 18.0 Å². The van der Waals surface area contributed by atoms with E-state index in [2.05, 4.69) is 5.32 Å². The quantitative estimate of drug-likeness (QED) is 0.667. The average molecular weight is 363 g/mol. The molecule has 6 nitrogen and oxygen atoms in total. The molecule has 6 heteroatoms. The van der Waals surface area contributed by atoms with Crippen LogP contribution in [0.5, 0.6) is 0 Å². The van der Waals surface area contributed by atoms with E-state index < -0.39 is 29.3 Å². The summed E-state index contributed by atoms with van der Waals surface area (Å²) < 4.78 is 11.5. The van der Waals surface area contributed by atoms with Crippen molar-refractivity contribution in [3.8, 4) is 0 Å². The lowest BCUT2D eigenvalue weighted by Crippen LogP contribution is -2.66. The summed E-state index contributed by atoms with van der Waals surface area (Å²) in [6, 6.07) is 13.9. The molecule has 2 aromatic rings. The number of carbonyl (C=O) groups is 3. The van der Waals surface area contributed by atoms with Crippen LogP contribution >= 0.6 is 0 Å². The van der Waals surface area contributed by atoms with Crippen molar-refractivity contribution >= 4 is 28.6 Å². The van der Waals surface area contributed by atoms with E-state index in [-0.39, 0.29) is 18.4 Å². The van der Waals surface area contributed by atoms with Crippen molar-refractivity contribution < 1.29 is 23.9 Å². The fourth-order valence-electron chi connectivity index (χ4n) is 4.74. The molecule has 1 N–H and O–H groups in total. The Hall–Kier alpha value is -3.15. The summed E-state index contributed by atoms with van der Waals surface area (Å²) in [5.41, 5.74) is -0.0571. The molecular weight excluding hydrogens is 346 g/mol. The molecule has 0 radical (unpaired) electrons. The van der Waals surface area contributed by atoms with Crippen LogP contribution in [0.3, 0.4) is 0 Å². The van der Waals surface area contributed by atoms with Crippen LogP contribution in [-0.4, -0.2) is 23.4 Å². The van der Waals surface area contributed by atoms with E-state index >= 15 is 0 Å². The zero-order valence-electron chi connectivity index (χ0n) is 14.6. The molecule has 0 spiro atoms. The minimum atomic E-state index is -1.04. The molecule has 2 aliphatic heterocycles. The number of imide groups is 1. The number of amides is 2. The molecule has 27 heavy (non-hydrogen) atoms. The Morgan fingerprint density at radius 2 is 1.81 bits per heavy atom. The Kier molecular flexibility index (Phi) is 3.22. The van der Waals surface area contributed by atoms with Crippen molar-refractivity contribution in [2.45, 2.75) is 19.1 Å². The summed E-state index contributed by atoms with van der Waals surface area (Å²) in [7, 11) is 0. The van der Waals surface area contributed by atoms with E-state index in [4.69, 9.17) is 9.47 Å². The first-order valence-corrected chi connectivity index (χ1v) is 8.88. The number of nitrogens with one attached hydrogen (secondary N) is 1. The van der Waals surface area contributed by atoms with Crippen LogP contribution in [-0.2, 0) is 30.5 Å². The Morgan fingerprint density at radius 3 is 2.67 bits per heavy atom. The number of carbonyl (C=O) groups excluding carboxylic acids is 3. The van der Waals surface area contributed by atoms with Crippen molar-refractivity contribution in [1.29, 1.82) is 0 Å². The van der Waals surface area contributed by atoms with Crippen molar-refractivity contribution in [1.82, 2.24) is 5.32 Å². The van der Waals surface area contributed by atoms with Gasteiger partial charge in [-0.15, -0.1) is 0 Å². The second kappa shape index (κ2) is 5.42. The van der Waals surface area contributed by atoms with Gasteiger partial charge in [0.25, 0.3) is 0 Å². The monoisotopic (exact) mass is 363 g/mol. The predicted molar refractivity (Wildman–Crippen MR) is 94.9 cm³/mol. The van der Waals surface area contributed by atoms with Crippen molar-refractivity contribution in [3.05, 3.63) is 59.9 Å². The van der Waals surface area contributed by atoms with Gasteiger partial charge >= 0.3 is 5.97 Å². The first-order chi connectivity index (χ1) is 13.0. The van der Waals surface area contributed by atoms with E-state index in [1.54, 1.807) is 6.92 Å². The van der Waals surface area contributed by atoms with E-state index in [0.29, 0.717) is 5.76 Å². The van der Waals surface area contributed by atoms with Gasteiger partial charge in [0.15, 0.2) is 0 Å². The number of hydrogen-bond donors (Lipinski definition) is 1. The SMILES string of the molecule is C[C@]12OC(=O)C=C(OCc3cccc4ccccc34)C1C1C(=O)NC(=O)C12. The highest BCUT2D eigenvalue weighted by Crippen LogP contribution is 2.59. The number of hydrogen-bond acceptors (Lipinski definition) is 5. The van der Waals surface area contributed by atoms with Crippen molar-refractivity contribution in [2.24, 2.45) is 17.8 Å². The van der Waals surface area contributed by atoms with Crippen LogP contribution < -0.4 is 5.32 Å². The molecule has 2 aromatic carbocycles. The van der Waals surface area contributed by atoms with Gasteiger partial charge in [0.05, 0.1) is 23.8 Å². The number of esters is 1. The third kappa shape index (κ3) is 2.16. The highest BCUT2D eigenvalue weighted by molar-refractivity contribution is 6.08. The molecular formula is C21H17NO5. The lowest BCUT2D eigenvalue weighted by atomic mass is 9.53. The molecule has 3 aliphatic rings. The Morgan fingerprint density at radius 1 is 1.04 bits per heavy atom. The molecule has 5 rings (SSSR count). The molecule has 1 saturated heterocycles. The average Bonchev–Trinajstić information content (AvgIpc) is 2.90. The third-order valence-corrected chi connectivity index (χ3v) is 5.95. The maximum atomic E-state index is 12.2. The first kappa shape index (κ1) is 16.1. The lowest BCUT2D eigenvalue weighted by molar-refractivity contribution is -0.212. The van der Waals surface area contributed by atoms with Crippen LogP contribution in [0.4, 0.5) is 0 Å². The smallest absolute Gasteiger partial charge is 0.334 e. The number of fused-ring (bicyclic) bond motifs is 5. The minimum absolute atomic E-state index is 0.264. The normalized spacial score (nSPS) is 31.4. The summed E-state index contributed by atoms with van der Waals surface area (Å²) >= 11 is 0. The molecule has 2 fully saturated rings. The van der Waals surface area contributed by atoms with Gasteiger partial charge in [-0.05, 0) is 23.3 Å². The van der Waals surface area contributed by atoms with Crippen LogP contribution in [0.15, 0.2) is 54.3 Å². The molecule has 4 atom stereocenters. The summed E-state index contributed by atoms with van der Waals surface area (Å²) in [6.07, 6.45) is 1.30. The molecule has 136 valence electrons. The summed E-state index contributed by atoms with van der Waals surface area (Å²) in [4.78, 5) is 36.3. The summed E-state index contributed by atoms with van der Waals surface area (Å²) in [5.74, 6) is -2.49. The molecule has 2 heterocycles. The Balaban J connectivity index is 1.45. The first-order valence-electron chi connectivity index (χ1n) is 8.88. The van der Waals surface area contributed by atoms with Gasteiger partial charge in [-0.25, -0.2) is 4.79 Å². The summed E-state index contributed by atoms with van der Waals surface area (Å²) in [5, 5.41) is 4.51. The highest BCUT2D eigenvalue weighted by atomic mass is 16.6. The van der Waals surface area contributed by atoms with Gasteiger partial charge in [-0.1, -0.05) is 42.5 Å².